The minimum Gasteiger partial charge on any atom is -0.355 e. The summed E-state index contributed by atoms with van der Waals surface area (Å²) in [5.74, 6) is 0. The average molecular weight is 590 g/mol. The molecule has 0 amide bonds. The van der Waals surface area contributed by atoms with Gasteiger partial charge in [-0.1, -0.05) is 153 Å². The molecule has 1 heteroatoms. The van der Waals surface area contributed by atoms with E-state index in [4.69, 9.17) is 0 Å². The fraction of sp³-hybridized carbons (Fsp3) is 0.0667. The smallest absolute Gasteiger partial charge is 0.0390 e. The molecule has 7 aromatic carbocycles. The topological polar surface area (TPSA) is 12.0 Å². The first-order valence-electron chi connectivity index (χ1n) is 16.0. The summed E-state index contributed by atoms with van der Waals surface area (Å²) in [6.45, 7) is 4.66. The van der Waals surface area contributed by atoms with Gasteiger partial charge in [-0.2, -0.15) is 0 Å². The first-order chi connectivity index (χ1) is 22.5. The lowest BCUT2D eigenvalue weighted by Crippen LogP contribution is -2.15. The number of anilines is 2. The highest BCUT2D eigenvalue weighted by Crippen LogP contribution is 2.49. The molecule has 46 heavy (non-hydrogen) atoms. The van der Waals surface area contributed by atoms with Gasteiger partial charge in [0.25, 0.3) is 0 Å². The van der Waals surface area contributed by atoms with E-state index >= 15 is 0 Å². The molecular formula is C45H35N. The minimum absolute atomic E-state index is 0.0388. The second-order valence-electron chi connectivity index (χ2n) is 12.7. The molecule has 0 saturated heterocycles. The first kappa shape index (κ1) is 27.9. The molecular weight excluding hydrogens is 555 g/mol. The van der Waals surface area contributed by atoms with Crippen LogP contribution in [0.15, 0.2) is 170 Å². The molecule has 0 saturated carbocycles. The molecule has 0 unspecified atom stereocenters. The lowest BCUT2D eigenvalue weighted by Gasteiger charge is -2.22. The molecule has 220 valence electrons. The van der Waals surface area contributed by atoms with Gasteiger partial charge in [-0.3, -0.25) is 0 Å². The lowest BCUT2D eigenvalue weighted by atomic mass is 9.82. The number of hydrogen-bond acceptors (Lipinski definition) is 1. The second kappa shape index (κ2) is 11.4. The molecule has 0 bridgehead atoms. The highest BCUT2D eigenvalue weighted by Gasteiger charge is 2.35. The zero-order valence-electron chi connectivity index (χ0n) is 26.2. The maximum atomic E-state index is 3.76. The summed E-state index contributed by atoms with van der Waals surface area (Å²) < 4.78 is 0. The van der Waals surface area contributed by atoms with E-state index in [1.807, 2.05) is 0 Å². The van der Waals surface area contributed by atoms with Crippen molar-refractivity contribution in [2.24, 2.45) is 0 Å². The fourth-order valence-corrected chi connectivity index (χ4v) is 7.03. The van der Waals surface area contributed by atoms with Crippen molar-refractivity contribution in [2.45, 2.75) is 19.3 Å². The molecule has 1 nitrogen and oxygen atoms in total. The van der Waals surface area contributed by atoms with Crippen LogP contribution in [0.4, 0.5) is 11.4 Å². The molecule has 0 aromatic heterocycles. The molecule has 8 rings (SSSR count). The van der Waals surface area contributed by atoms with Gasteiger partial charge in [-0.15, -0.1) is 0 Å². The molecule has 0 spiro atoms. The van der Waals surface area contributed by atoms with Crippen LogP contribution in [-0.2, 0) is 5.41 Å². The molecule has 0 radical (unpaired) electrons. The third kappa shape index (κ3) is 5.01. The maximum absolute atomic E-state index is 3.76. The predicted molar refractivity (Wildman–Crippen MR) is 195 cm³/mol. The number of fused-ring (bicyclic) bond motifs is 3. The number of benzene rings is 7. The molecule has 1 aliphatic rings. The molecule has 0 fully saturated rings. The van der Waals surface area contributed by atoms with Crippen molar-refractivity contribution in [1.82, 2.24) is 0 Å². The summed E-state index contributed by atoms with van der Waals surface area (Å²) in [7, 11) is 0. The molecule has 7 aromatic rings. The molecule has 0 aliphatic heterocycles. The summed E-state index contributed by atoms with van der Waals surface area (Å²) in [6.07, 6.45) is 0. The monoisotopic (exact) mass is 589 g/mol. The Kier molecular flexibility index (Phi) is 6.88. The van der Waals surface area contributed by atoms with E-state index in [1.165, 1.54) is 66.8 Å². The third-order valence-corrected chi connectivity index (χ3v) is 9.48. The van der Waals surface area contributed by atoms with Crippen LogP contribution in [0.5, 0.6) is 0 Å². The van der Waals surface area contributed by atoms with Crippen molar-refractivity contribution in [1.29, 1.82) is 0 Å². The van der Waals surface area contributed by atoms with E-state index in [1.54, 1.807) is 0 Å². The summed E-state index contributed by atoms with van der Waals surface area (Å²) >= 11 is 0. The Labute approximate surface area is 271 Å². The predicted octanol–water partition coefficient (Wildman–Crippen LogP) is 12.4. The highest BCUT2D eigenvalue weighted by molar-refractivity contribution is 5.89. The Hall–Kier alpha value is -5.66. The zero-order valence-corrected chi connectivity index (χ0v) is 26.2. The van der Waals surface area contributed by atoms with Gasteiger partial charge in [0.1, 0.15) is 0 Å². The van der Waals surface area contributed by atoms with Crippen LogP contribution in [-0.4, -0.2) is 0 Å². The van der Waals surface area contributed by atoms with Gasteiger partial charge in [0.15, 0.2) is 0 Å². The van der Waals surface area contributed by atoms with E-state index in [-0.39, 0.29) is 5.41 Å². The molecule has 0 heterocycles. The van der Waals surface area contributed by atoms with Gasteiger partial charge in [-0.25, -0.2) is 0 Å². The minimum atomic E-state index is -0.0388. The SMILES string of the molecule is CC1(C)c2ccccc2-c2ccc(Nc3ccc(-c4cccc(-c5ccccc5)c4)c(-c4ccc(-c5ccccc5)cc4)c3)cc21. The Morgan fingerprint density at radius 2 is 0.848 bits per heavy atom. The van der Waals surface area contributed by atoms with Crippen LogP contribution in [0.3, 0.4) is 0 Å². The number of rotatable bonds is 6. The summed E-state index contributed by atoms with van der Waals surface area (Å²) in [5, 5.41) is 3.76. The van der Waals surface area contributed by atoms with Crippen LogP contribution in [0.2, 0.25) is 0 Å². The van der Waals surface area contributed by atoms with Crippen molar-refractivity contribution >= 4 is 11.4 Å². The van der Waals surface area contributed by atoms with Crippen molar-refractivity contribution in [3.05, 3.63) is 181 Å². The lowest BCUT2D eigenvalue weighted by molar-refractivity contribution is 0.660. The third-order valence-electron chi connectivity index (χ3n) is 9.48. The van der Waals surface area contributed by atoms with E-state index in [2.05, 4.69) is 189 Å². The van der Waals surface area contributed by atoms with Gasteiger partial charge in [0, 0.05) is 16.8 Å². The van der Waals surface area contributed by atoms with Crippen LogP contribution in [0.1, 0.15) is 25.0 Å². The van der Waals surface area contributed by atoms with Crippen LogP contribution >= 0.6 is 0 Å². The van der Waals surface area contributed by atoms with Crippen molar-refractivity contribution < 1.29 is 0 Å². The standard InChI is InChI=1S/C45H35N/c1-45(2)43-19-10-9-18-40(43)41-27-25-38(30-44(41)45)46-37-24-26-39(36-17-11-16-35(28-36)32-14-7-4-8-15-32)42(29-37)34-22-20-33(21-23-34)31-12-5-3-6-13-31/h3-30,46H,1-2H3. The highest BCUT2D eigenvalue weighted by atomic mass is 14.9. The van der Waals surface area contributed by atoms with Crippen LogP contribution in [0, 0.1) is 0 Å². The van der Waals surface area contributed by atoms with Crippen molar-refractivity contribution in [3.63, 3.8) is 0 Å². The van der Waals surface area contributed by atoms with Gasteiger partial charge in [-0.05, 0) is 97.1 Å². The number of hydrogen-bond donors (Lipinski definition) is 1. The maximum Gasteiger partial charge on any atom is 0.0390 e. The Morgan fingerprint density at radius 1 is 0.326 bits per heavy atom. The van der Waals surface area contributed by atoms with Crippen LogP contribution < -0.4 is 5.32 Å². The van der Waals surface area contributed by atoms with Gasteiger partial charge in [0.05, 0.1) is 0 Å². The van der Waals surface area contributed by atoms with Gasteiger partial charge in [0.2, 0.25) is 0 Å². The van der Waals surface area contributed by atoms with Crippen molar-refractivity contribution in [3.8, 4) is 55.6 Å². The summed E-state index contributed by atoms with van der Waals surface area (Å²) in [6, 6.07) is 61.4. The van der Waals surface area contributed by atoms with E-state index < -0.39 is 0 Å². The normalized spacial score (nSPS) is 12.7. The van der Waals surface area contributed by atoms with Crippen molar-refractivity contribution in [2.75, 3.05) is 5.32 Å². The summed E-state index contributed by atoms with van der Waals surface area (Å²) in [4.78, 5) is 0. The largest absolute Gasteiger partial charge is 0.355 e. The Balaban J connectivity index is 1.19. The zero-order chi connectivity index (χ0) is 31.1. The van der Waals surface area contributed by atoms with E-state index in [0.29, 0.717) is 0 Å². The van der Waals surface area contributed by atoms with E-state index in [9.17, 15) is 0 Å². The number of nitrogens with one attached hydrogen (secondary N) is 1. The Bertz CT molecular complexity index is 2170. The first-order valence-corrected chi connectivity index (χ1v) is 16.0. The van der Waals surface area contributed by atoms with Crippen LogP contribution in [0.25, 0.3) is 55.6 Å². The quantitative estimate of drug-likeness (QED) is 0.203. The molecule has 0 atom stereocenters. The average Bonchev–Trinajstić information content (AvgIpc) is 3.35. The van der Waals surface area contributed by atoms with Gasteiger partial charge < -0.3 is 5.32 Å². The Morgan fingerprint density at radius 3 is 1.59 bits per heavy atom. The molecule has 1 N–H and O–H groups in total. The van der Waals surface area contributed by atoms with E-state index in [0.717, 1.165) is 11.4 Å². The van der Waals surface area contributed by atoms with Gasteiger partial charge >= 0.3 is 0 Å². The fourth-order valence-electron chi connectivity index (χ4n) is 7.03. The second-order valence-corrected chi connectivity index (χ2v) is 12.7. The summed E-state index contributed by atoms with van der Waals surface area (Å²) in [5.41, 5.74) is 17.2. The molecule has 1 aliphatic carbocycles.